The van der Waals surface area contributed by atoms with Crippen LogP contribution in [0, 0.1) is 18.6 Å². The largest absolute Gasteiger partial charge is 0.306 e. The van der Waals surface area contributed by atoms with Gasteiger partial charge in [-0.05, 0) is 37.6 Å². The first kappa shape index (κ1) is 13.7. The molecule has 0 radical (unpaired) electrons. The van der Waals surface area contributed by atoms with Crippen LogP contribution in [0.3, 0.4) is 0 Å². The topological polar surface area (TPSA) is 12.0 Å². The fourth-order valence-corrected chi connectivity index (χ4v) is 1.91. The Morgan fingerprint density at radius 3 is 2.42 bits per heavy atom. The molecule has 0 aromatic heterocycles. The Kier molecular flexibility index (Phi) is 4.27. The Hall–Kier alpha value is -1.74. The summed E-state index contributed by atoms with van der Waals surface area (Å²) in [5.74, 6) is -0.800. The van der Waals surface area contributed by atoms with E-state index in [9.17, 15) is 8.78 Å². The molecule has 1 N–H and O–H groups in total. The second kappa shape index (κ2) is 5.93. The fourth-order valence-electron chi connectivity index (χ4n) is 1.91. The van der Waals surface area contributed by atoms with E-state index in [-0.39, 0.29) is 11.9 Å². The molecule has 0 aliphatic carbocycles. The molecule has 2 rings (SSSR count). The molecular formula is C16H17F2N. The van der Waals surface area contributed by atoms with Gasteiger partial charge in [-0.3, -0.25) is 0 Å². The van der Waals surface area contributed by atoms with E-state index in [0.29, 0.717) is 12.1 Å². The zero-order valence-corrected chi connectivity index (χ0v) is 11.1. The van der Waals surface area contributed by atoms with Gasteiger partial charge in [-0.1, -0.05) is 29.8 Å². The molecule has 2 aromatic carbocycles. The average Bonchev–Trinajstić information content (AvgIpc) is 2.40. The van der Waals surface area contributed by atoms with Crippen LogP contribution in [-0.2, 0) is 6.54 Å². The highest BCUT2D eigenvalue weighted by Gasteiger charge is 2.07. The van der Waals surface area contributed by atoms with Crippen LogP contribution in [0.4, 0.5) is 8.78 Å². The van der Waals surface area contributed by atoms with E-state index >= 15 is 0 Å². The van der Waals surface area contributed by atoms with E-state index in [1.165, 1.54) is 11.6 Å². The van der Waals surface area contributed by atoms with E-state index in [1.54, 1.807) is 0 Å². The highest BCUT2D eigenvalue weighted by Crippen LogP contribution is 2.15. The van der Waals surface area contributed by atoms with Gasteiger partial charge < -0.3 is 5.32 Å². The summed E-state index contributed by atoms with van der Waals surface area (Å²) < 4.78 is 26.5. The summed E-state index contributed by atoms with van der Waals surface area (Å²) in [4.78, 5) is 0. The lowest BCUT2D eigenvalue weighted by molar-refractivity contribution is 0.535. The molecule has 0 aliphatic rings. The highest BCUT2D eigenvalue weighted by atomic mass is 19.1. The molecule has 19 heavy (non-hydrogen) atoms. The van der Waals surface area contributed by atoms with Gasteiger partial charge in [0.2, 0.25) is 0 Å². The van der Waals surface area contributed by atoms with Gasteiger partial charge in [-0.15, -0.1) is 0 Å². The van der Waals surface area contributed by atoms with Gasteiger partial charge in [0.15, 0.2) is 0 Å². The van der Waals surface area contributed by atoms with Crippen LogP contribution in [0.2, 0.25) is 0 Å². The first-order valence-electron chi connectivity index (χ1n) is 6.30. The van der Waals surface area contributed by atoms with Crippen molar-refractivity contribution >= 4 is 0 Å². The number of hydrogen-bond donors (Lipinski definition) is 1. The second-order valence-electron chi connectivity index (χ2n) is 4.75. The van der Waals surface area contributed by atoms with Gasteiger partial charge in [-0.25, -0.2) is 8.78 Å². The lowest BCUT2D eigenvalue weighted by Gasteiger charge is -2.15. The predicted molar refractivity (Wildman–Crippen MR) is 72.8 cm³/mol. The third kappa shape index (κ3) is 3.61. The molecule has 1 nitrogen and oxygen atoms in total. The Labute approximate surface area is 112 Å². The predicted octanol–water partition coefficient (Wildman–Crippen LogP) is 4.12. The quantitative estimate of drug-likeness (QED) is 0.872. The molecule has 0 amide bonds. The smallest absolute Gasteiger partial charge is 0.127 e. The van der Waals surface area contributed by atoms with E-state index < -0.39 is 5.82 Å². The Balaban J connectivity index is 2.02. The van der Waals surface area contributed by atoms with Crippen molar-refractivity contribution in [3.63, 3.8) is 0 Å². The van der Waals surface area contributed by atoms with Crippen molar-refractivity contribution in [1.82, 2.24) is 5.32 Å². The number of rotatable bonds is 4. The summed E-state index contributed by atoms with van der Waals surface area (Å²) in [5.41, 5.74) is 2.67. The lowest BCUT2D eigenvalue weighted by atomic mass is 10.1. The summed E-state index contributed by atoms with van der Waals surface area (Å²) in [5, 5.41) is 3.20. The fraction of sp³-hybridized carbons (Fsp3) is 0.250. The first-order valence-corrected chi connectivity index (χ1v) is 6.30. The zero-order chi connectivity index (χ0) is 13.8. The maximum Gasteiger partial charge on any atom is 0.127 e. The second-order valence-corrected chi connectivity index (χ2v) is 4.75. The van der Waals surface area contributed by atoms with E-state index in [2.05, 4.69) is 5.32 Å². The molecule has 0 saturated carbocycles. The summed E-state index contributed by atoms with van der Waals surface area (Å²) >= 11 is 0. The molecule has 0 unspecified atom stereocenters. The molecule has 3 heteroatoms. The van der Waals surface area contributed by atoms with Crippen molar-refractivity contribution in [2.75, 3.05) is 0 Å². The molecule has 0 heterocycles. The molecule has 100 valence electrons. The summed E-state index contributed by atoms with van der Waals surface area (Å²) in [6, 6.07) is 11.7. The Bertz CT molecular complexity index is 549. The van der Waals surface area contributed by atoms with E-state index in [4.69, 9.17) is 0 Å². The van der Waals surface area contributed by atoms with Gasteiger partial charge >= 0.3 is 0 Å². The summed E-state index contributed by atoms with van der Waals surface area (Å²) in [7, 11) is 0. The number of aryl methyl sites for hydroxylation is 1. The molecule has 2 aromatic rings. The Morgan fingerprint density at radius 2 is 1.74 bits per heavy atom. The third-order valence-electron chi connectivity index (χ3n) is 3.18. The zero-order valence-electron chi connectivity index (χ0n) is 11.1. The van der Waals surface area contributed by atoms with Crippen molar-refractivity contribution in [3.05, 3.63) is 70.8 Å². The maximum atomic E-state index is 13.5. The van der Waals surface area contributed by atoms with Crippen molar-refractivity contribution < 1.29 is 8.78 Å². The molecule has 0 aliphatic heterocycles. The monoisotopic (exact) mass is 261 g/mol. The first-order chi connectivity index (χ1) is 9.06. The van der Waals surface area contributed by atoms with Crippen LogP contribution in [0.1, 0.15) is 29.7 Å². The standard InChI is InChI=1S/C16H17F2N/c1-11-3-5-13(6-4-11)12(2)19-10-14-9-15(17)7-8-16(14)18/h3-9,12,19H,10H2,1-2H3/t12-/m1/s1. The van der Waals surface area contributed by atoms with Gasteiger partial charge in [0.1, 0.15) is 11.6 Å². The Morgan fingerprint density at radius 1 is 1.05 bits per heavy atom. The molecule has 0 fully saturated rings. The van der Waals surface area contributed by atoms with Crippen molar-refractivity contribution in [2.45, 2.75) is 26.4 Å². The van der Waals surface area contributed by atoms with Crippen LogP contribution in [-0.4, -0.2) is 0 Å². The van der Waals surface area contributed by atoms with Crippen LogP contribution < -0.4 is 5.32 Å². The normalized spacial score (nSPS) is 12.4. The van der Waals surface area contributed by atoms with E-state index in [1.807, 2.05) is 38.1 Å². The summed E-state index contributed by atoms with van der Waals surface area (Å²) in [6.07, 6.45) is 0. The van der Waals surface area contributed by atoms with Crippen LogP contribution in [0.5, 0.6) is 0 Å². The van der Waals surface area contributed by atoms with Gasteiger partial charge in [0, 0.05) is 18.2 Å². The van der Waals surface area contributed by atoms with Crippen LogP contribution in [0.25, 0.3) is 0 Å². The number of halogens is 2. The lowest BCUT2D eigenvalue weighted by Crippen LogP contribution is -2.18. The highest BCUT2D eigenvalue weighted by molar-refractivity contribution is 5.24. The molecule has 0 spiro atoms. The molecule has 1 atom stereocenters. The van der Waals surface area contributed by atoms with Crippen LogP contribution in [0.15, 0.2) is 42.5 Å². The number of benzene rings is 2. The van der Waals surface area contributed by atoms with Gasteiger partial charge in [0.05, 0.1) is 0 Å². The minimum atomic E-state index is -0.416. The molecule has 0 saturated heterocycles. The average molecular weight is 261 g/mol. The maximum absolute atomic E-state index is 13.5. The molecule has 0 bridgehead atoms. The number of hydrogen-bond acceptors (Lipinski definition) is 1. The van der Waals surface area contributed by atoms with Crippen molar-refractivity contribution in [1.29, 1.82) is 0 Å². The summed E-state index contributed by atoms with van der Waals surface area (Å²) in [6.45, 7) is 4.34. The van der Waals surface area contributed by atoms with E-state index in [0.717, 1.165) is 17.7 Å². The van der Waals surface area contributed by atoms with Crippen molar-refractivity contribution in [2.24, 2.45) is 0 Å². The third-order valence-corrected chi connectivity index (χ3v) is 3.18. The minimum Gasteiger partial charge on any atom is -0.306 e. The van der Waals surface area contributed by atoms with Gasteiger partial charge in [-0.2, -0.15) is 0 Å². The number of nitrogens with one attached hydrogen (secondary N) is 1. The van der Waals surface area contributed by atoms with Gasteiger partial charge in [0.25, 0.3) is 0 Å². The van der Waals surface area contributed by atoms with Crippen molar-refractivity contribution in [3.8, 4) is 0 Å². The SMILES string of the molecule is Cc1ccc([C@@H](C)NCc2cc(F)ccc2F)cc1. The van der Waals surface area contributed by atoms with Crippen LogP contribution >= 0.6 is 0 Å². The molecular weight excluding hydrogens is 244 g/mol. The minimum absolute atomic E-state index is 0.0864.